The van der Waals surface area contributed by atoms with Gasteiger partial charge in [-0.25, -0.2) is 0 Å². The van der Waals surface area contributed by atoms with E-state index >= 15 is 0 Å². The van der Waals surface area contributed by atoms with Crippen LogP contribution in [0.15, 0.2) is 18.2 Å². The summed E-state index contributed by atoms with van der Waals surface area (Å²) < 4.78 is 42.3. The van der Waals surface area contributed by atoms with Gasteiger partial charge in [-0.3, -0.25) is 0 Å². The van der Waals surface area contributed by atoms with Crippen molar-refractivity contribution in [2.24, 2.45) is 0 Å². The summed E-state index contributed by atoms with van der Waals surface area (Å²) in [5.74, 6) is 0. The summed E-state index contributed by atoms with van der Waals surface area (Å²) in [4.78, 5) is 0. The quantitative estimate of drug-likeness (QED) is 0.611. The molecular formula is C12H17F3N2O. The van der Waals surface area contributed by atoms with E-state index in [9.17, 15) is 13.2 Å². The second-order valence-electron chi connectivity index (χ2n) is 3.78. The minimum absolute atomic E-state index is 0.0984. The third-order valence-electron chi connectivity index (χ3n) is 2.36. The lowest BCUT2D eigenvalue weighted by molar-refractivity contribution is -0.137. The summed E-state index contributed by atoms with van der Waals surface area (Å²) in [5.41, 5.74) is 5.44. The molecule has 0 spiro atoms. The van der Waals surface area contributed by atoms with Crippen LogP contribution in [0.3, 0.4) is 0 Å². The molecule has 3 N–H and O–H groups in total. The fraction of sp³-hybridized carbons (Fsp3) is 0.500. The molecule has 1 rings (SSSR count). The first-order chi connectivity index (χ1) is 8.45. The van der Waals surface area contributed by atoms with Gasteiger partial charge < -0.3 is 15.8 Å². The number of hydrogen-bond donors (Lipinski definition) is 2. The molecule has 18 heavy (non-hydrogen) atoms. The standard InChI is InChI=1S/C12H17F3N2O/c1-2-18-7-3-6-17-11-5-4-9(8-10(11)16)12(13,14)15/h4-5,8,17H,2-3,6-7,16H2,1H3. The van der Waals surface area contributed by atoms with Crippen LogP contribution in [-0.4, -0.2) is 19.8 Å². The van der Waals surface area contributed by atoms with Crippen molar-refractivity contribution in [1.29, 1.82) is 0 Å². The number of nitrogens with one attached hydrogen (secondary N) is 1. The summed E-state index contributed by atoms with van der Waals surface area (Å²) in [6.07, 6.45) is -3.59. The van der Waals surface area contributed by atoms with Crippen LogP contribution in [-0.2, 0) is 10.9 Å². The summed E-state index contributed by atoms with van der Waals surface area (Å²) in [7, 11) is 0. The molecule has 6 heteroatoms. The number of hydrogen-bond acceptors (Lipinski definition) is 3. The smallest absolute Gasteiger partial charge is 0.397 e. The Morgan fingerprint density at radius 1 is 1.33 bits per heavy atom. The van der Waals surface area contributed by atoms with Gasteiger partial charge in [0.25, 0.3) is 0 Å². The van der Waals surface area contributed by atoms with Gasteiger partial charge in [0, 0.05) is 19.8 Å². The number of rotatable bonds is 6. The summed E-state index contributed by atoms with van der Waals surface area (Å²) >= 11 is 0. The van der Waals surface area contributed by atoms with E-state index in [1.165, 1.54) is 6.07 Å². The Morgan fingerprint density at radius 3 is 2.61 bits per heavy atom. The maximum atomic E-state index is 12.4. The molecule has 0 aliphatic rings. The number of anilines is 2. The predicted molar refractivity (Wildman–Crippen MR) is 65.5 cm³/mol. The maximum Gasteiger partial charge on any atom is 0.416 e. The SMILES string of the molecule is CCOCCCNc1ccc(C(F)(F)F)cc1N. The van der Waals surface area contributed by atoms with E-state index in [0.29, 0.717) is 25.4 Å². The molecule has 1 aromatic rings. The minimum atomic E-state index is -4.36. The van der Waals surface area contributed by atoms with Crippen LogP contribution < -0.4 is 11.1 Å². The highest BCUT2D eigenvalue weighted by Gasteiger charge is 2.30. The number of nitrogens with two attached hydrogens (primary N) is 1. The molecule has 0 aliphatic heterocycles. The van der Waals surface area contributed by atoms with Crippen molar-refractivity contribution in [3.05, 3.63) is 23.8 Å². The summed E-state index contributed by atoms with van der Waals surface area (Å²) in [6, 6.07) is 3.30. The number of halogens is 3. The van der Waals surface area contributed by atoms with Gasteiger partial charge in [-0.05, 0) is 31.5 Å². The minimum Gasteiger partial charge on any atom is -0.397 e. The van der Waals surface area contributed by atoms with E-state index in [1.807, 2.05) is 6.92 Å². The second kappa shape index (κ2) is 6.49. The topological polar surface area (TPSA) is 47.3 Å². The van der Waals surface area contributed by atoms with Crippen LogP contribution in [0.1, 0.15) is 18.9 Å². The number of alkyl halides is 3. The fourth-order valence-corrected chi connectivity index (χ4v) is 1.44. The Bertz CT molecular complexity index is 380. The molecule has 0 aliphatic carbocycles. The maximum absolute atomic E-state index is 12.4. The molecular weight excluding hydrogens is 245 g/mol. The molecule has 1 aromatic carbocycles. The number of nitrogen functional groups attached to an aromatic ring is 1. The van der Waals surface area contributed by atoms with Gasteiger partial charge in [0.1, 0.15) is 0 Å². The van der Waals surface area contributed by atoms with Crippen molar-refractivity contribution in [3.63, 3.8) is 0 Å². The molecule has 0 saturated heterocycles. The van der Waals surface area contributed by atoms with Crippen molar-refractivity contribution in [2.75, 3.05) is 30.8 Å². The zero-order valence-corrected chi connectivity index (χ0v) is 10.2. The van der Waals surface area contributed by atoms with Crippen LogP contribution in [0, 0.1) is 0 Å². The molecule has 0 radical (unpaired) electrons. The molecule has 0 fully saturated rings. The lowest BCUT2D eigenvalue weighted by Gasteiger charge is -2.12. The van der Waals surface area contributed by atoms with Crippen molar-refractivity contribution < 1.29 is 17.9 Å². The van der Waals surface area contributed by atoms with E-state index in [4.69, 9.17) is 10.5 Å². The fourth-order valence-electron chi connectivity index (χ4n) is 1.44. The molecule has 0 heterocycles. The number of ether oxygens (including phenoxy) is 1. The van der Waals surface area contributed by atoms with Gasteiger partial charge in [-0.1, -0.05) is 0 Å². The highest BCUT2D eigenvalue weighted by atomic mass is 19.4. The van der Waals surface area contributed by atoms with E-state index in [2.05, 4.69) is 5.32 Å². The van der Waals surface area contributed by atoms with Crippen LogP contribution in [0.25, 0.3) is 0 Å². The highest BCUT2D eigenvalue weighted by Crippen LogP contribution is 2.32. The van der Waals surface area contributed by atoms with Gasteiger partial charge >= 0.3 is 6.18 Å². The normalized spacial score (nSPS) is 11.6. The molecule has 0 saturated carbocycles. The first kappa shape index (κ1) is 14.6. The Kier molecular flexibility index (Phi) is 5.27. The van der Waals surface area contributed by atoms with Crippen LogP contribution in [0.5, 0.6) is 0 Å². The zero-order valence-electron chi connectivity index (χ0n) is 10.2. The lowest BCUT2D eigenvalue weighted by atomic mass is 10.1. The zero-order chi connectivity index (χ0) is 13.6. The third kappa shape index (κ3) is 4.44. The van der Waals surface area contributed by atoms with Gasteiger partial charge in [-0.15, -0.1) is 0 Å². The van der Waals surface area contributed by atoms with Crippen molar-refractivity contribution in [1.82, 2.24) is 0 Å². The van der Waals surface area contributed by atoms with Crippen LogP contribution in [0.4, 0.5) is 24.5 Å². The van der Waals surface area contributed by atoms with Gasteiger partial charge in [0.05, 0.1) is 16.9 Å². The van der Waals surface area contributed by atoms with Gasteiger partial charge in [0.2, 0.25) is 0 Å². The van der Waals surface area contributed by atoms with Gasteiger partial charge in [0.15, 0.2) is 0 Å². The largest absolute Gasteiger partial charge is 0.416 e. The molecule has 0 aromatic heterocycles. The average Bonchev–Trinajstić information content (AvgIpc) is 2.29. The van der Waals surface area contributed by atoms with Gasteiger partial charge in [-0.2, -0.15) is 13.2 Å². The molecule has 0 amide bonds. The van der Waals surface area contributed by atoms with Crippen LogP contribution >= 0.6 is 0 Å². The molecule has 102 valence electrons. The summed E-state index contributed by atoms with van der Waals surface area (Å²) in [5, 5.41) is 2.98. The Balaban J connectivity index is 2.53. The van der Waals surface area contributed by atoms with E-state index in [-0.39, 0.29) is 5.69 Å². The number of benzene rings is 1. The predicted octanol–water partition coefficient (Wildman–Crippen LogP) is 3.13. The van der Waals surface area contributed by atoms with Crippen molar-refractivity contribution in [3.8, 4) is 0 Å². The van der Waals surface area contributed by atoms with E-state index in [0.717, 1.165) is 18.6 Å². The second-order valence-corrected chi connectivity index (χ2v) is 3.78. The first-order valence-corrected chi connectivity index (χ1v) is 5.73. The Hall–Kier alpha value is -1.43. The molecule has 0 bridgehead atoms. The Labute approximate surface area is 104 Å². The van der Waals surface area contributed by atoms with E-state index in [1.54, 1.807) is 0 Å². The molecule has 0 unspecified atom stereocenters. The molecule has 0 atom stereocenters. The van der Waals surface area contributed by atoms with Crippen molar-refractivity contribution >= 4 is 11.4 Å². The first-order valence-electron chi connectivity index (χ1n) is 5.73. The van der Waals surface area contributed by atoms with Crippen molar-refractivity contribution in [2.45, 2.75) is 19.5 Å². The van der Waals surface area contributed by atoms with Crippen LogP contribution in [0.2, 0.25) is 0 Å². The Morgan fingerprint density at radius 2 is 2.06 bits per heavy atom. The summed E-state index contributed by atoms with van der Waals surface area (Å²) in [6.45, 7) is 3.78. The van der Waals surface area contributed by atoms with E-state index < -0.39 is 11.7 Å². The highest BCUT2D eigenvalue weighted by molar-refractivity contribution is 5.67. The monoisotopic (exact) mass is 262 g/mol. The molecule has 3 nitrogen and oxygen atoms in total. The lowest BCUT2D eigenvalue weighted by Crippen LogP contribution is -2.10. The average molecular weight is 262 g/mol. The third-order valence-corrected chi connectivity index (χ3v) is 2.36.